The molecule has 0 saturated heterocycles. The first-order chi connectivity index (χ1) is 18.1. The van der Waals surface area contributed by atoms with Gasteiger partial charge in [0.05, 0.1) is 29.2 Å². The first kappa shape index (κ1) is 26.3. The third-order valence-corrected chi connectivity index (χ3v) is 5.99. The number of amides is 2. The third kappa shape index (κ3) is 5.06. The van der Waals surface area contributed by atoms with E-state index >= 15 is 0 Å². The Morgan fingerprint density at radius 3 is 2.37 bits per heavy atom. The molecule has 3 aromatic carbocycles. The van der Waals surface area contributed by atoms with E-state index in [0.29, 0.717) is 34.4 Å². The fraction of sp³-hybridized carbons (Fsp3) is 0.214. The Morgan fingerprint density at radius 2 is 1.76 bits per heavy atom. The van der Waals surface area contributed by atoms with Gasteiger partial charge in [0.2, 0.25) is 0 Å². The average molecular weight is 520 g/mol. The maximum atomic E-state index is 13.5. The lowest BCUT2D eigenvalue weighted by atomic mass is 9.96. The average Bonchev–Trinajstić information content (AvgIpc) is 3.29. The monoisotopic (exact) mass is 519 g/mol. The summed E-state index contributed by atoms with van der Waals surface area (Å²) in [5, 5.41) is 17.8. The summed E-state index contributed by atoms with van der Waals surface area (Å²) < 4.78 is 24.9. The van der Waals surface area contributed by atoms with Crippen LogP contribution in [0.2, 0.25) is 0 Å². The number of fused-ring (bicyclic) bond motifs is 1. The molecule has 2 amide bonds. The molecule has 4 rings (SSSR count). The largest absolute Gasteiger partial charge is 0.496 e. The number of rotatable bonds is 8. The van der Waals surface area contributed by atoms with Gasteiger partial charge in [-0.3, -0.25) is 19.7 Å². The summed E-state index contributed by atoms with van der Waals surface area (Å²) >= 11 is 0. The van der Waals surface area contributed by atoms with E-state index in [1.165, 1.54) is 56.6 Å². The van der Waals surface area contributed by atoms with Crippen molar-refractivity contribution in [2.75, 3.05) is 20.7 Å². The van der Waals surface area contributed by atoms with Crippen LogP contribution in [0.5, 0.6) is 5.75 Å². The summed E-state index contributed by atoms with van der Waals surface area (Å²) in [6.07, 6.45) is 0. The van der Waals surface area contributed by atoms with Crippen LogP contribution in [-0.4, -0.2) is 37.4 Å². The van der Waals surface area contributed by atoms with Crippen LogP contribution in [0, 0.1) is 21.8 Å². The van der Waals surface area contributed by atoms with Gasteiger partial charge in [0.15, 0.2) is 0 Å². The molecular weight excluding hydrogens is 493 g/mol. The van der Waals surface area contributed by atoms with Crippen molar-refractivity contribution in [3.8, 4) is 28.2 Å². The van der Waals surface area contributed by atoms with Crippen molar-refractivity contribution < 1.29 is 28.1 Å². The molecule has 0 aliphatic heterocycles. The SMILES string of the molecule is CNC(=O)c1c(-c2ccc(F)cc2)oc2cc([N+](=O)[O-])c(-c3cc(C(=O)NCC(C)C)ccc3OC)cc12. The number of nitro benzene ring substituents is 1. The van der Waals surface area contributed by atoms with Gasteiger partial charge in [-0.1, -0.05) is 13.8 Å². The summed E-state index contributed by atoms with van der Waals surface area (Å²) in [5.41, 5.74) is 1.07. The number of hydrogen-bond donors (Lipinski definition) is 2. The van der Waals surface area contributed by atoms with Gasteiger partial charge in [-0.05, 0) is 54.4 Å². The number of halogens is 1. The second-order valence-corrected chi connectivity index (χ2v) is 9.03. The molecule has 4 aromatic rings. The zero-order chi connectivity index (χ0) is 27.6. The van der Waals surface area contributed by atoms with Crippen LogP contribution in [0.15, 0.2) is 59.0 Å². The first-order valence-corrected chi connectivity index (χ1v) is 11.8. The molecule has 0 spiro atoms. The van der Waals surface area contributed by atoms with E-state index in [1.807, 2.05) is 13.8 Å². The molecule has 0 saturated carbocycles. The highest BCUT2D eigenvalue weighted by molar-refractivity contribution is 6.12. The van der Waals surface area contributed by atoms with E-state index in [9.17, 15) is 24.1 Å². The predicted molar refractivity (Wildman–Crippen MR) is 141 cm³/mol. The number of hydrogen-bond acceptors (Lipinski definition) is 6. The second kappa shape index (κ2) is 10.7. The number of ether oxygens (including phenoxy) is 1. The molecule has 1 heterocycles. The van der Waals surface area contributed by atoms with Crippen LogP contribution >= 0.6 is 0 Å². The van der Waals surface area contributed by atoms with Crippen molar-refractivity contribution >= 4 is 28.5 Å². The van der Waals surface area contributed by atoms with E-state index in [-0.39, 0.29) is 40.0 Å². The molecular formula is C28H26FN3O6. The Balaban J connectivity index is 1.98. The summed E-state index contributed by atoms with van der Waals surface area (Å²) in [7, 11) is 2.87. The number of nitro groups is 1. The Labute approximate surface area is 217 Å². The van der Waals surface area contributed by atoms with Gasteiger partial charge in [-0.15, -0.1) is 0 Å². The molecule has 0 bridgehead atoms. The normalized spacial score (nSPS) is 11.0. The van der Waals surface area contributed by atoms with Crippen LogP contribution in [0.4, 0.5) is 10.1 Å². The van der Waals surface area contributed by atoms with Gasteiger partial charge in [-0.2, -0.15) is 0 Å². The number of carbonyl (C=O) groups excluding carboxylic acids is 2. The highest BCUT2D eigenvalue weighted by Gasteiger charge is 2.28. The molecule has 0 radical (unpaired) electrons. The Bertz CT molecular complexity index is 1540. The minimum absolute atomic E-state index is 0.100. The van der Waals surface area contributed by atoms with Gasteiger partial charge in [0.1, 0.15) is 22.9 Å². The molecule has 0 atom stereocenters. The van der Waals surface area contributed by atoms with Crippen molar-refractivity contribution in [2.45, 2.75) is 13.8 Å². The zero-order valence-electron chi connectivity index (χ0n) is 21.3. The van der Waals surface area contributed by atoms with Crippen LogP contribution in [0.25, 0.3) is 33.4 Å². The van der Waals surface area contributed by atoms with Gasteiger partial charge in [-0.25, -0.2) is 4.39 Å². The van der Waals surface area contributed by atoms with E-state index < -0.39 is 16.6 Å². The molecule has 0 aliphatic rings. The minimum atomic E-state index is -0.570. The number of carbonyl (C=O) groups is 2. The first-order valence-electron chi connectivity index (χ1n) is 11.8. The fourth-order valence-electron chi connectivity index (χ4n) is 4.11. The molecule has 1 aromatic heterocycles. The Kier molecular flexibility index (Phi) is 7.43. The highest BCUT2D eigenvalue weighted by Crippen LogP contribution is 2.43. The maximum absolute atomic E-state index is 13.5. The third-order valence-electron chi connectivity index (χ3n) is 5.99. The smallest absolute Gasteiger partial charge is 0.281 e. The number of furan rings is 1. The number of benzene rings is 3. The quantitative estimate of drug-likeness (QED) is 0.232. The Hall–Kier alpha value is -4.73. The van der Waals surface area contributed by atoms with Gasteiger partial charge < -0.3 is 19.8 Å². The summed E-state index contributed by atoms with van der Waals surface area (Å²) in [5.74, 6) is -0.611. The van der Waals surface area contributed by atoms with E-state index in [1.54, 1.807) is 12.1 Å². The topological polar surface area (TPSA) is 124 Å². The van der Waals surface area contributed by atoms with E-state index in [0.717, 1.165) is 0 Å². The molecule has 10 heteroatoms. The van der Waals surface area contributed by atoms with Crippen LogP contribution in [0.3, 0.4) is 0 Å². The molecule has 0 aliphatic carbocycles. The summed E-state index contributed by atoms with van der Waals surface area (Å²) in [4.78, 5) is 37.3. The molecule has 38 heavy (non-hydrogen) atoms. The Morgan fingerprint density at radius 1 is 1.05 bits per heavy atom. The minimum Gasteiger partial charge on any atom is -0.496 e. The van der Waals surface area contributed by atoms with Crippen molar-refractivity contribution in [3.05, 3.63) is 81.7 Å². The highest BCUT2D eigenvalue weighted by atomic mass is 19.1. The van der Waals surface area contributed by atoms with Gasteiger partial charge in [0.25, 0.3) is 17.5 Å². The van der Waals surface area contributed by atoms with E-state index in [2.05, 4.69) is 10.6 Å². The zero-order valence-corrected chi connectivity index (χ0v) is 21.3. The molecule has 2 N–H and O–H groups in total. The van der Waals surface area contributed by atoms with Crippen molar-refractivity contribution in [3.63, 3.8) is 0 Å². The van der Waals surface area contributed by atoms with Crippen molar-refractivity contribution in [1.29, 1.82) is 0 Å². The lowest BCUT2D eigenvalue weighted by Crippen LogP contribution is -2.27. The number of nitrogens with zero attached hydrogens (tertiary/aromatic N) is 1. The van der Waals surface area contributed by atoms with Crippen molar-refractivity contribution in [2.24, 2.45) is 5.92 Å². The summed E-state index contributed by atoms with van der Waals surface area (Å²) in [6, 6.07) is 12.7. The molecule has 0 fully saturated rings. The summed E-state index contributed by atoms with van der Waals surface area (Å²) in [6.45, 7) is 4.39. The predicted octanol–water partition coefficient (Wildman–Crippen LogP) is 5.57. The number of nitrogens with one attached hydrogen (secondary N) is 2. The molecule has 9 nitrogen and oxygen atoms in total. The van der Waals surface area contributed by atoms with Gasteiger partial charge in [0, 0.05) is 35.7 Å². The standard InChI is InChI=1S/C28H26FN3O6/c1-15(2)14-31-27(33)17-7-10-23(37-4)20(11-17)19-12-21-24(13-22(19)32(35)36)38-26(25(21)28(34)30-3)16-5-8-18(29)9-6-16/h5-13,15H,14H2,1-4H3,(H,30,34)(H,31,33). The molecule has 196 valence electrons. The maximum Gasteiger partial charge on any atom is 0.281 e. The van der Waals surface area contributed by atoms with Gasteiger partial charge >= 0.3 is 0 Å². The second-order valence-electron chi connectivity index (χ2n) is 9.03. The van der Waals surface area contributed by atoms with E-state index in [4.69, 9.17) is 9.15 Å². The fourth-order valence-corrected chi connectivity index (χ4v) is 4.11. The van der Waals surface area contributed by atoms with Crippen LogP contribution in [-0.2, 0) is 0 Å². The lowest BCUT2D eigenvalue weighted by molar-refractivity contribution is -0.384. The molecule has 0 unspecified atom stereocenters. The van der Waals surface area contributed by atoms with Crippen molar-refractivity contribution in [1.82, 2.24) is 10.6 Å². The lowest BCUT2D eigenvalue weighted by Gasteiger charge is -2.13. The van der Waals surface area contributed by atoms with Crippen LogP contribution in [0.1, 0.15) is 34.6 Å². The number of methoxy groups -OCH3 is 1. The van der Waals surface area contributed by atoms with Crippen LogP contribution < -0.4 is 15.4 Å².